The van der Waals surface area contributed by atoms with E-state index in [1.54, 1.807) is 0 Å². The second kappa shape index (κ2) is 9.25. The number of fused-ring (bicyclic) bond motifs is 1. The van der Waals surface area contributed by atoms with Crippen molar-refractivity contribution >= 4 is 16.7 Å². The Hall–Kier alpha value is -2.62. The maximum Gasteiger partial charge on any atom is 0.223 e. The van der Waals surface area contributed by atoms with Crippen LogP contribution in [0.1, 0.15) is 57.6 Å². The molecule has 1 fully saturated rings. The fourth-order valence-corrected chi connectivity index (χ4v) is 4.40. The van der Waals surface area contributed by atoms with Crippen molar-refractivity contribution in [3.8, 4) is 11.3 Å². The summed E-state index contributed by atoms with van der Waals surface area (Å²) in [5.74, 6) is 1.87. The highest BCUT2D eigenvalue weighted by Crippen LogP contribution is 2.32. The molecule has 2 aromatic carbocycles. The van der Waals surface area contributed by atoms with Gasteiger partial charge in [-0.1, -0.05) is 67.7 Å². The van der Waals surface area contributed by atoms with E-state index < -0.39 is 0 Å². The van der Waals surface area contributed by atoms with Crippen molar-refractivity contribution in [3.63, 3.8) is 0 Å². The average Bonchev–Trinajstić information content (AvgIpc) is 3.25. The van der Waals surface area contributed by atoms with Gasteiger partial charge in [0.1, 0.15) is 5.69 Å². The van der Waals surface area contributed by atoms with Crippen LogP contribution in [0.2, 0.25) is 0 Å². The van der Waals surface area contributed by atoms with Gasteiger partial charge in [-0.15, -0.1) is 0 Å². The predicted molar refractivity (Wildman–Crippen MR) is 116 cm³/mol. The number of hydrogen-bond donors (Lipinski definition) is 1. The number of aromatic nitrogens is 1. The zero-order chi connectivity index (χ0) is 20.1. The summed E-state index contributed by atoms with van der Waals surface area (Å²) in [6, 6.07) is 16.4. The van der Waals surface area contributed by atoms with E-state index in [4.69, 9.17) is 4.52 Å². The topological polar surface area (TPSA) is 55.1 Å². The molecule has 4 heteroatoms. The van der Waals surface area contributed by atoms with Gasteiger partial charge in [-0.05, 0) is 48.4 Å². The fourth-order valence-electron chi connectivity index (χ4n) is 4.40. The molecule has 1 aromatic heterocycles. The molecule has 4 nitrogen and oxygen atoms in total. The molecule has 29 heavy (non-hydrogen) atoms. The third-order valence-electron chi connectivity index (χ3n) is 6.22. The maximum absolute atomic E-state index is 12.5. The van der Waals surface area contributed by atoms with Gasteiger partial charge in [0.15, 0.2) is 5.76 Å². The maximum atomic E-state index is 12.5. The van der Waals surface area contributed by atoms with E-state index in [0.717, 1.165) is 35.8 Å². The van der Waals surface area contributed by atoms with Gasteiger partial charge < -0.3 is 9.84 Å². The van der Waals surface area contributed by atoms with E-state index in [1.807, 2.05) is 24.3 Å². The summed E-state index contributed by atoms with van der Waals surface area (Å²) >= 11 is 0. The first-order valence-corrected chi connectivity index (χ1v) is 11.0. The molecule has 0 radical (unpaired) electrons. The van der Waals surface area contributed by atoms with Crippen LogP contribution in [0.5, 0.6) is 0 Å². The van der Waals surface area contributed by atoms with Crippen LogP contribution in [-0.4, -0.2) is 11.1 Å². The Labute approximate surface area is 172 Å². The van der Waals surface area contributed by atoms with E-state index in [-0.39, 0.29) is 11.8 Å². The zero-order valence-electron chi connectivity index (χ0n) is 17.2. The van der Waals surface area contributed by atoms with Crippen molar-refractivity contribution < 1.29 is 9.32 Å². The Morgan fingerprint density at radius 3 is 2.66 bits per heavy atom. The first-order valence-electron chi connectivity index (χ1n) is 11.0. The number of hydrogen-bond acceptors (Lipinski definition) is 3. The minimum atomic E-state index is 0.153. The normalized spacial score (nSPS) is 19.3. The number of nitrogens with zero attached hydrogens (tertiary/aromatic N) is 1. The van der Waals surface area contributed by atoms with Crippen molar-refractivity contribution in [3.05, 3.63) is 54.2 Å². The highest BCUT2D eigenvalue weighted by atomic mass is 16.5. The van der Waals surface area contributed by atoms with Crippen molar-refractivity contribution in [1.82, 2.24) is 10.5 Å². The van der Waals surface area contributed by atoms with E-state index in [1.165, 1.54) is 42.9 Å². The van der Waals surface area contributed by atoms with Crippen LogP contribution in [0.15, 0.2) is 53.1 Å². The monoisotopic (exact) mass is 390 g/mol. The smallest absolute Gasteiger partial charge is 0.223 e. The highest BCUT2D eigenvalue weighted by Gasteiger charge is 2.25. The minimum Gasteiger partial charge on any atom is -0.356 e. The summed E-state index contributed by atoms with van der Waals surface area (Å²) < 4.78 is 5.53. The van der Waals surface area contributed by atoms with Gasteiger partial charge in [0.25, 0.3) is 0 Å². The van der Waals surface area contributed by atoms with Crippen molar-refractivity contribution in [1.29, 1.82) is 0 Å². The van der Waals surface area contributed by atoms with E-state index in [2.05, 4.69) is 41.7 Å². The number of carbonyl (C=O) groups is 1. The molecule has 0 atom stereocenters. The lowest BCUT2D eigenvalue weighted by Gasteiger charge is -2.27. The van der Waals surface area contributed by atoms with Crippen LogP contribution >= 0.6 is 0 Å². The first kappa shape index (κ1) is 19.7. The quantitative estimate of drug-likeness (QED) is 0.530. The third-order valence-corrected chi connectivity index (χ3v) is 6.22. The molecule has 4 rings (SSSR count). The Morgan fingerprint density at radius 1 is 1.07 bits per heavy atom. The molecule has 1 aliphatic carbocycles. The summed E-state index contributed by atoms with van der Waals surface area (Å²) in [4.78, 5) is 12.5. The van der Waals surface area contributed by atoms with Crippen molar-refractivity contribution in [2.75, 3.05) is 0 Å². The average molecular weight is 391 g/mol. The van der Waals surface area contributed by atoms with Crippen molar-refractivity contribution in [2.45, 2.75) is 58.4 Å². The fraction of sp³-hybridized carbons (Fsp3) is 0.440. The van der Waals surface area contributed by atoms with Crippen LogP contribution in [-0.2, 0) is 11.3 Å². The minimum absolute atomic E-state index is 0.153. The van der Waals surface area contributed by atoms with Crippen LogP contribution in [0.4, 0.5) is 0 Å². The molecule has 1 heterocycles. The molecule has 1 saturated carbocycles. The highest BCUT2D eigenvalue weighted by molar-refractivity contribution is 5.86. The van der Waals surface area contributed by atoms with Crippen molar-refractivity contribution in [2.24, 2.45) is 11.8 Å². The second-order valence-electron chi connectivity index (χ2n) is 8.32. The van der Waals surface area contributed by atoms with Gasteiger partial charge in [-0.3, -0.25) is 4.79 Å². The largest absolute Gasteiger partial charge is 0.356 e. The number of benzene rings is 2. The van der Waals surface area contributed by atoms with E-state index >= 15 is 0 Å². The van der Waals surface area contributed by atoms with Gasteiger partial charge in [0, 0.05) is 17.5 Å². The molecule has 1 N–H and O–H groups in total. The van der Waals surface area contributed by atoms with Gasteiger partial charge in [0.05, 0.1) is 6.54 Å². The molecule has 0 aliphatic heterocycles. The lowest BCUT2D eigenvalue weighted by atomic mass is 9.79. The molecule has 0 saturated heterocycles. The van der Waals surface area contributed by atoms with Crippen LogP contribution in [0.25, 0.3) is 22.1 Å². The van der Waals surface area contributed by atoms with Gasteiger partial charge in [-0.2, -0.15) is 0 Å². The Kier molecular flexibility index (Phi) is 6.28. The third kappa shape index (κ3) is 4.87. The number of nitrogens with one attached hydrogen (secondary N) is 1. The molecule has 3 aromatic rings. The summed E-state index contributed by atoms with van der Waals surface area (Å²) in [5.41, 5.74) is 1.76. The lowest BCUT2D eigenvalue weighted by molar-refractivity contribution is -0.126. The zero-order valence-corrected chi connectivity index (χ0v) is 17.2. The van der Waals surface area contributed by atoms with Gasteiger partial charge >= 0.3 is 0 Å². The van der Waals surface area contributed by atoms with E-state index in [0.29, 0.717) is 6.54 Å². The molecular formula is C25H30N2O2. The van der Waals surface area contributed by atoms with Gasteiger partial charge in [0.2, 0.25) is 5.91 Å². The van der Waals surface area contributed by atoms with Crippen LogP contribution in [0.3, 0.4) is 0 Å². The number of rotatable bonds is 7. The Balaban J connectivity index is 1.31. The molecule has 0 bridgehead atoms. The molecule has 152 valence electrons. The first-order chi connectivity index (χ1) is 14.2. The molecular weight excluding hydrogens is 360 g/mol. The number of carbonyl (C=O) groups excluding carboxylic acids is 1. The standard InChI is InChI=1S/C25H30N2O2/c1-2-3-6-18-9-11-20(12-10-18)25(28)26-17-23-16-24(29-27-23)22-14-13-19-7-4-5-8-21(19)15-22/h4-5,7-8,13-16,18,20H,2-3,6,9-12,17H2,1H3,(H,26,28). The second-order valence-corrected chi connectivity index (χ2v) is 8.32. The SMILES string of the molecule is CCCCC1CCC(C(=O)NCc2cc(-c3ccc4ccccc4c3)on2)CC1. The molecule has 0 spiro atoms. The number of amides is 1. The predicted octanol–water partition coefficient (Wildman–Crippen LogP) is 6.11. The lowest BCUT2D eigenvalue weighted by Crippen LogP contribution is -2.32. The van der Waals surface area contributed by atoms with Crippen LogP contribution < -0.4 is 5.32 Å². The van der Waals surface area contributed by atoms with Crippen LogP contribution in [0, 0.1) is 11.8 Å². The summed E-state index contributed by atoms with van der Waals surface area (Å²) in [6.45, 7) is 2.67. The van der Waals surface area contributed by atoms with Gasteiger partial charge in [-0.25, -0.2) is 0 Å². The summed E-state index contributed by atoms with van der Waals surface area (Å²) in [6.07, 6.45) is 8.30. The number of unbranched alkanes of at least 4 members (excludes halogenated alkanes) is 1. The Bertz CT molecular complexity index is 954. The molecule has 1 aliphatic rings. The summed E-state index contributed by atoms with van der Waals surface area (Å²) in [7, 11) is 0. The molecule has 0 unspecified atom stereocenters. The van der Waals surface area contributed by atoms with E-state index in [9.17, 15) is 4.79 Å². The Morgan fingerprint density at radius 2 is 1.86 bits per heavy atom. The molecule has 1 amide bonds. The summed E-state index contributed by atoms with van der Waals surface area (Å²) in [5, 5.41) is 9.58.